The van der Waals surface area contributed by atoms with Crippen molar-refractivity contribution in [2.24, 2.45) is 0 Å². The Labute approximate surface area is 346 Å². The Morgan fingerprint density at radius 3 is 1.45 bits per heavy atom. The monoisotopic (exact) mass is 761 g/mol. The molecule has 0 amide bonds. The molecule has 0 spiro atoms. The van der Waals surface area contributed by atoms with Crippen molar-refractivity contribution in [2.75, 3.05) is 0 Å². The molecule has 2 aromatic heterocycles. The Balaban J connectivity index is 0.982. The van der Waals surface area contributed by atoms with E-state index >= 15 is 0 Å². The first-order chi connectivity index (χ1) is 29.7. The summed E-state index contributed by atoms with van der Waals surface area (Å²) in [5, 5.41) is 13.3. The van der Waals surface area contributed by atoms with Gasteiger partial charge in [0, 0.05) is 38.4 Å². The van der Waals surface area contributed by atoms with Gasteiger partial charge in [-0.05, 0) is 84.5 Å². The van der Waals surface area contributed by atoms with E-state index in [0.29, 0.717) is 5.82 Å². The molecular weight excluding hydrogens is 727 g/mol. The third-order valence-electron chi connectivity index (χ3n) is 12.0. The largest absolute Gasteiger partial charge is 0.247 e. The molecule has 0 aliphatic rings. The van der Waals surface area contributed by atoms with Gasteiger partial charge in [-0.2, -0.15) is 0 Å². The zero-order chi connectivity index (χ0) is 39.6. The molecule has 60 heavy (non-hydrogen) atoms. The fraction of sp³-hybridized carbons (Fsp3) is 0. The lowest BCUT2D eigenvalue weighted by atomic mass is 9.89. The van der Waals surface area contributed by atoms with E-state index in [1.165, 1.54) is 53.9 Å². The summed E-state index contributed by atoms with van der Waals surface area (Å²) in [6.45, 7) is 0. The second kappa shape index (κ2) is 13.8. The minimum atomic E-state index is 0.702. The number of hydrogen-bond donors (Lipinski definition) is 0. The second-order valence-electron chi connectivity index (χ2n) is 15.6. The summed E-state index contributed by atoms with van der Waals surface area (Å²) in [6, 6.07) is 75.7. The van der Waals surface area contributed by atoms with E-state index in [2.05, 4.69) is 212 Å². The van der Waals surface area contributed by atoms with Crippen molar-refractivity contribution in [3.63, 3.8) is 0 Å². The van der Waals surface area contributed by atoms with Crippen LogP contribution in [0, 0.1) is 0 Å². The van der Waals surface area contributed by atoms with Gasteiger partial charge in [0.25, 0.3) is 0 Å². The molecule has 0 atom stereocenters. The predicted molar refractivity (Wildman–Crippen MR) is 252 cm³/mol. The van der Waals surface area contributed by atoms with Crippen molar-refractivity contribution in [1.29, 1.82) is 0 Å². The first-order valence-corrected chi connectivity index (χ1v) is 20.4. The molecule has 0 bridgehead atoms. The predicted octanol–water partition coefficient (Wildman–Crippen LogP) is 15.1. The molecule has 12 aromatic rings. The van der Waals surface area contributed by atoms with E-state index < -0.39 is 0 Å². The normalized spacial score (nSPS) is 11.7. The molecule has 2 heterocycles. The summed E-state index contributed by atoms with van der Waals surface area (Å²) in [5.74, 6) is 0.702. The van der Waals surface area contributed by atoms with Crippen molar-refractivity contribution in [3.05, 3.63) is 212 Å². The van der Waals surface area contributed by atoms with Crippen LogP contribution in [0.1, 0.15) is 0 Å². The molecular formula is C57H35N3. The van der Waals surface area contributed by atoms with E-state index in [9.17, 15) is 0 Å². The summed E-state index contributed by atoms with van der Waals surface area (Å²) < 4.78 is 0. The highest BCUT2D eigenvalue weighted by molar-refractivity contribution is 6.33. The lowest BCUT2D eigenvalue weighted by molar-refractivity contribution is 1.18. The molecule has 0 saturated heterocycles. The van der Waals surface area contributed by atoms with Crippen LogP contribution in [0.15, 0.2) is 212 Å². The molecule has 0 aliphatic heterocycles. The van der Waals surface area contributed by atoms with Gasteiger partial charge in [0.05, 0.1) is 22.6 Å². The highest BCUT2D eigenvalue weighted by atomic mass is 14.9. The van der Waals surface area contributed by atoms with Crippen LogP contribution in [0.25, 0.3) is 121 Å². The van der Waals surface area contributed by atoms with Crippen LogP contribution in [-0.4, -0.2) is 15.0 Å². The van der Waals surface area contributed by atoms with Crippen LogP contribution in [0.2, 0.25) is 0 Å². The van der Waals surface area contributed by atoms with Gasteiger partial charge >= 0.3 is 0 Å². The van der Waals surface area contributed by atoms with Gasteiger partial charge in [-0.15, -0.1) is 0 Å². The Bertz CT molecular complexity index is 3560. The molecule has 0 radical (unpaired) electrons. The summed E-state index contributed by atoms with van der Waals surface area (Å²) in [7, 11) is 0. The average Bonchev–Trinajstić information content (AvgIpc) is 3.33. The lowest BCUT2D eigenvalue weighted by Gasteiger charge is -2.16. The van der Waals surface area contributed by atoms with Gasteiger partial charge in [-0.1, -0.05) is 182 Å². The lowest BCUT2D eigenvalue weighted by Crippen LogP contribution is -1.96. The highest BCUT2D eigenvalue weighted by Gasteiger charge is 2.18. The number of hydrogen-bond acceptors (Lipinski definition) is 3. The number of fused-ring (bicyclic) bond motifs is 10. The van der Waals surface area contributed by atoms with Crippen LogP contribution in [0.4, 0.5) is 0 Å². The fourth-order valence-corrected chi connectivity index (χ4v) is 9.06. The third-order valence-corrected chi connectivity index (χ3v) is 12.0. The van der Waals surface area contributed by atoms with E-state index in [0.717, 1.165) is 61.4 Å². The Kier molecular flexibility index (Phi) is 7.85. The molecule has 0 unspecified atom stereocenters. The van der Waals surface area contributed by atoms with Crippen molar-refractivity contribution < 1.29 is 0 Å². The Hall–Kier alpha value is -8.01. The van der Waals surface area contributed by atoms with Gasteiger partial charge in [0.1, 0.15) is 0 Å². The molecule has 278 valence electrons. The van der Waals surface area contributed by atoms with Crippen LogP contribution >= 0.6 is 0 Å². The minimum absolute atomic E-state index is 0.702. The summed E-state index contributed by atoms with van der Waals surface area (Å²) >= 11 is 0. The number of para-hydroxylation sites is 1. The molecule has 0 N–H and O–H groups in total. The first kappa shape index (κ1) is 34.1. The molecule has 12 rings (SSSR count). The van der Waals surface area contributed by atoms with E-state index in [-0.39, 0.29) is 0 Å². The van der Waals surface area contributed by atoms with Gasteiger partial charge in [0.15, 0.2) is 5.82 Å². The van der Waals surface area contributed by atoms with Crippen molar-refractivity contribution >= 4 is 64.8 Å². The fourth-order valence-electron chi connectivity index (χ4n) is 9.06. The van der Waals surface area contributed by atoms with E-state index in [1.807, 2.05) is 0 Å². The van der Waals surface area contributed by atoms with E-state index in [1.54, 1.807) is 0 Å². The maximum Gasteiger partial charge on any atom is 0.160 e. The maximum atomic E-state index is 5.40. The van der Waals surface area contributed by atoms with Gasteiger partial charge in [-0.25, -0.2) is 15.0 Å². The van der Waals surface area contributed by atoms with Crippen molar-refractivity contribution in [3.8, 4) is 56.3 Å². The number of nitrogens with zero attached hydrogens (tertiary/aromatic N) is 3. The number of rotatable bonds is 5. The van der Waals surface area contributed by atoms with Crippen LogP contribution in [-0.2, 0) is 0 Å². The summed E-state index contributed by atoms with van der Waals surface area (Å²) in [4.78, 5) is 15.8. The van der Waals surface area contributed by atoms with Gasteiger partial charge in [0.2, 0.25) is 0 Å². The Morgan fingerprint density at radius 2 is 0.750 bits per heavy atom. The summed E-state index contributed by atoms with van der Waals surface area (Å²) in [6.07, 6.45) is 0. The maximum absolute atomic E-state index is 5.40. The third kappa shape index (κ3) is 5.71. The molecule has 0 aliphatic carbocycles. The Morgan fingerprint density at radius 1 is 0.250 bits per heavy atom. The zero-order valence-corrected chi connectivity index (χ0v) is 32.5. The molecule has 10 aromatic carbocycles. The zero-order valence-electron chi connectivity index (χ0n) is 32.5. The first-order valence-electron chi connectivity index (χ1n) is 20.4. The molecule has 3 nitrogen and oxygen atoms in total. The van der Waals surface area contributed by atoms with Crippen LogP contribution in [0.3, 0.4) is 0 Å². The van der Waals surface area contributed by atoms with Gasteiger partial charge in [-0.3, -0.25) is 0 Å². The van der Waals surface area contributed by atoms with E-state index in [4.69, 9.17) is 15.0 Å². The van der Waals surface area contributed by atoms with Crippen molar-refractivity contribution in [2.45, 2.75) is 0 Å². The molecule has 3 heteroatoms. The van der Waals surface area contributed by atoms with Gasteiger partial charge < -0.3 is 0 Å². The highest BCUT2D eigenvalue weighted by Crippen LogP contribution is 2.43. The second-order valence-corrected chi connectivity index (χ2v) is 15.6. The number of pyridine rings is 1. The van der Waals surface area contributed by atoms with Crippen LogP contribution in [0.5, 0.6) is 0 Å². The number of aromatic nitrogens is 3. The number of benzene rings is 10. The smallest absolute Gasteiger partial charge is 0.160 e. The topological polar surface area (TPSA) is 38.7 Å². The standard InChI is InChI=1S/C57H35N3/c1-3-14-40-32-43(30-26-36(40)12-1)53-35-52(59-57(60-53)45-31-27-37-13-2-4-15-41(37)34-45)39-28-24-38(25-29-39)42-16-11-17-44(33-42)56-55-49-21-8-6-19-47(49)46-18-5-7-20-48(46)54(55)50-22-9-10-23-51(50)58-56/h1-35H. The minimum Gasteiger partial charge on any atom is -0.247 e. The SMILES string of the molecule is c1cc(-c2ccc(-c3cc(-c4ccc5ccccc5c4)nc(-c4ccc5ccccc5c4)n3)cc2)cc(-c2nc3ccccc3c3c4ccccc4c4ccccc4c23)c1. The van der Waals surface area contributed by atoms with Crippen molar-refractivity contribution in [1.82, 2.24) is 15.0 Å². The molecule has 0 saturated carbocycles. The van der Waals surface area contributed by atoms with Crippen LogP contribution < -0.4 is 0 Å². The quantitative estimate of drug-likeness (QED) is 0.164. The summed E-state index contributed by atoms with van der Waals surface area (Å²) in [5.41, 5.74) is 10.2. The average molecular weight is 762 g/mol. The molecule has 0 fully saturated rings.